The van der Waals surface area contributed by atoms with Crippen LogP contribution in [-0.4, -0.2) is 38.8 Å². The van der Waals surface area contributed by atoms with Gasteiger partial charge in [0.2, 0.25) is 0 Å². The quantitative estimate of drug-likeness (QED) is 0.480. The lowest BCUT2D eigenvalue weighted by atomic mass is 9.96. The SMILES string of the molecule is [B]C1CC(OCCC)C(CP)O1. The van der Waals surface area contributed by atoms with Gasteiger partial charge in [-0.2, -0.15) is 0 Å². The van der Waals surface area contributed by atoms with Gasteiger partial charge < -0.3 is 9.47 Å². The third kappa shape index (κ3) is 2.72. The van der Waals surface area contributed by atoms with Crippen LogP contribution in [0.1, 0.15) is 19.8 Å². The van der Waals surface area contributed by atoms with Gasteiger partial charge in [-0.1, -0.05) is 6.92 Å². The fourth-order valence-corrected chi connectivity index (χ4v) is 1.82. The van der Waals surface area contributed by atoms with Crippen molar-refractivity contribution in [2.75, 3.05) is 12.8 Å². The predicted octanol–water partition coefficient (Wildman–Crippen LogP) is 0.940. The maximum absolute atomic E-state index is 5.65. The minimum Gasteiger partial charge on any atom is -0.382 e. The zero-order valence-corrected chi connectivity index (χ0v) is 8.69. The van der Waals surface area contributed by atoms with Crippen LogP contribution in [0.5, 0.6) is 0 Å². The second-order valence-electron chi connectivity index (χ2n) is 3.09. The van der Waals surface area contributed by atoms with Crippen molar-refractivity contribution in [1.29, 1.82) is 0 Å². The molecule has 0 spiro atoms. The van der Waals surface area contributed by atoms with Crippen molar-refractivity contribution in [2.45, 2.75) is 38.0 Å². The van der Waals surface area contributed by atoms with E-state index in [1.165, 1.54) is 0 Å². The maximum Gasteiger partial charge on any atom is 0.109 e. The highest BCUT2D eigenvalue weighted by Crippen LogP contribution is 2.22. The Morgan fingerprint density at radius 3 is 3.00 bits per heavy atom. The summed E-state index contributed by atoms with van der Waals surface area (Å²) in [5.41, 5.74) is 0. The van der Waals surface area contributed by atoms with Crippen LogP contribution in [-0.2, 0) is 9.47 Å². The molecule has 1 aliphatic rings. The monoisotopic (exact) mass is 186 g/mol. The van der Waals surface area contributed by atoms with Crippen LogP contribution in [0.3, 0.4) is 0 Å². The Bertz CT molecular complexity index is 134. The third-order valence-electron chi connectivity index (χ3n) is 2.00. The standard InChI is InChI=1S/C8H16BO2P/c1-2-3-10-6-4-8(9)11-7(6)5-12/h6-8H,2-5,12H2,1H3. The lowest BCUT2D eigenvalue weighted by Crippen LogP contribution is -2.26. The van der Waals surface area contributed by atoms with E-state index in [2.05, 4.69) is 16.2 Å². The van der Waals surface area contributed by atoms with Gasteiger partial charge >= 0.3 is 0 Å². The Kier molecular flexibility index (Phi) is 4.56. The molecule has 4 heteroatoms. The molecule has 0 N–H and O–H groups in total. The second kappa shape index (κ2) is 5.21. The molecule has 0 bridgehead atoms. The first kappa shape index (κ1) is 10.5. The molecule has 0 aromatic rings. The van der Waals surface area contributed by atoms with Crippen molar-refractivity contribution in [3.8, 4) is 0 Å². The molecule has 2 radical (unpaired) electrons. The van der Waals surface area contributed by atoms with Crippen molar-refractivity contribution in [3.63, 3.8) is 0 Å². The molecular formula is C8H16BO2P. The van der Waals surface area contributed by atoms with Crippen molar-refractivity contribution in [3.05, 3.63) is 0 Å². The molecule has 0 amide bonds. The van der Waals surface area contributed by atoms with Crippen LogP contribution in [0.4, 0.5) is 0 Å². The molecule has 1 fully saturated rings. The van der Waals surface area contributed by atoms with E-state index in [-0.39, 0.29) is 18.2 Å². The van der Waals surface area contributed by atoms with Crippen molar-refractivity contribution < 1.29 is 9.47 Å². The molecule has 0 saturated carbocycles. The Labute approximate surface area is 78.0 Å². The highest BCUT2D eigenvalue weighted by molar-refractivity contribution is 7.16. The minimum absolute atomic E-state index is 0.127. The molecule has 1 heterocycles. The first-order valence-electron chi connectivity index (χ1n) is 4.50. The lowest BCUT2D eigenvalue weighted by molar-refractivity contribution is -0.00117. The molecule has 0 aromatic carbocycles. The Balaban J connectivity index is 2.30. The van der Waals surface area contributed by atoms with Crippen LogP contribution in [0.2, 0.25) is 0 Å². The highest BCUT2D eigenvalue weighted by atomic mass is 31.0. The normalized spacial score (nSPS) is 35.7. The fourth-order valence-electron chi connectivity index (χ4n) is 1.40. The summed E-state index contributed by atoms with van der Waals surface area (Å²) >= 11 is 0. The van der Waals surface area contributed by atoms with Gasteiger partial charge in [0.25, 0.3) is 0 Å². The molecule has 12 heavy (non-hydrogen) atoms. The van der Waals surface area contributed by atoms with E-state index < -0.39 is 0 Å². The molecular weight excluding hydrogens is 170 g/mol. The molecule has 0 aromatic heterocycles. The van der Waals surface area contributed by atoms with Crippen LogP contribution in [0.15, 0.2) is 0 Å². The molecule has 1 aliphatic heterocycles. The predicted molar refractivity (Wildman–Crippen MR) is 53.6 cm³/mol. The molecule has 4 atom stereocenters. The molecule has 2 nitrogen and oxygen atoms in total. The molecule has 4 unspecified atom stereocenters. The Hall–Kier alpha value is 0.415. The van der Waals surface area contributed by atoms with E-state index in [0.29, 0.717) is 0 Å². The van der Waals surface area contributed by atoms with Crippen molar-refractivity contribution >= 4 is 17.1 Å². The van der Waals surface area contributed by atoms with Gasteiger partial charge in [0, 0.05) is 12.6 Å². The van der Waals surface area contributed by atoms with Gasteiger partial charge in [0.05, 0.1) is 12.2 Å². The summed E-state index contributed by atoms with van der Waals surface area (Å²) in [6.45, 7) is 2.91. The van der Waals surface area contributed by atoms with Crippen LogP contribution in [0, 0.1) is 0 Å². The summed E-state index contributed by atoms with van der Waals surface area (Å²) in [4.78, 5) is 0. The van der Waals surface area contributed by atoms with Crippen LogP contribution >= 0.6 is 9.24 Å². The zero-order valence-electron chi connectivity index (χ0n) is 7.53. The van der Waals surface area contributed by atoms with E-state index in [0.717, 1.165) is 25.6 Å². The molecule has 1 rings (SSSR count). The average molecular weight is 186 g/mol. The van der Waals surface area contributed by atoms with Crippen molar-refractivity contribution in [1.82, 2.24) is 0 Å². The first-order chi connectivity index (χ1) is 5.77. The maximum atomic E-state index is 5.65. The van der Waals surface area contributed by atoms with Crippen LogP contribution in [0.25, 0.3) is 0 Å². The van der Waals surface area contributed by atoms with Crippen LogP contribution < -0.4 is 0 Å². The smallest absolute Gasteiger partial charge is 0.109 e. The minimum atomic E-state index is -0.127. The summed E-state index contributed by atoms with van der Waals surface area (Å²) in [6.07, 6.45) is 3.17. The highest BCUT2D eigenvalue weighted by Gasteiger charge is 2.31. The van der Waals surface area contributed by atoms with E-state index >= 15 is 0 Å². The summed E-state index contributed by atoms with van der Waals surface area (Å²) in [7, 11) is 8.32. The lowest BCUT2D eigenvalue weighted by Gasteiger charge is -2.16. The van der Waals surface area contributed by atoms with E-state index in [9.17, 15) is 0 Å². The third-order valence-corrected chi connectivity index (χ3v) is 2.46. The first-order valence-corrected chi connectivity index (χ1v) is 5.32. The number of hydrogen-bond acceptors (Lipinski definition) is 2. The van der Waals surface area contributed by atoms with E-state index in [1.807, 2.05) is 0 Å². The topological polar surface area (TPSA) is 18.5 Å². The summed E-state index contributed by atoms with van der Waals surface area (Å²) in [6, 6.07) is -0.127. The largest absolute Gasteiger partial charge is 0.382 e. The average Bonchev–Trinajstić information content (AvgIpc) is 2.42. The van der Waals surface area contributed by atoms with Gasteiger partial charge in [-0.05, 0) is 19.0 Å². The summed E-state index contributed by atoms with van der Waals surface area (Å²) in [5.74, 6) is 0. The zero-order chi connectivity index (χ0) is 8.97. The van der Waals surface area contributed by atoms with E-state index in [1.54, 1.807) is 0 Å². The Morgan fingerprint density at radius 2 is 2.42 bits per heavy atom. The van der Waals surface area contributed by atoms with Gasteiger partial charge in [-0.3, -0.25) is 0 Å². The number of ether oxygens (including phenoxy) is 2. The second-order valence-corrected chi connectivity index (χ2v) is 3.57. The van der Waals surface area contributed by atoms with Gasteiger partial charge in [0.15, 0.2) is 0 Å². The van der Waals surface area contributed by atoms with Gasteiger partial charge in [0.1, 0.15) is 7.85 Å². The summed E-state index contributed by atoms with van der Waals surface area (Å²) in [5, 5.41) is 0. The Morgan fingerprint density at radius 1 is 1.67 bits per heavy atom. The molecule has 0 aliphatic carbocycles. The fraction of sp³-hybridized carbons (Fsp3) is 1.00. The summed E-state index contributed by atoms with van der Waals surface area (Å²) < 4.78 is 11.1. The molecule has 1 saturated heterocycles. The van der Waals surface area contributed by atoms with Gasteiger partial charge in [-0.25, -0.2) is 0 Å². The van der Waals surface area contributed by atoms with Gasteiger partial charge in [-0.15, -0.1) is 9.24 Å². The number of hydrogen-bond donors (Lipinski definition) is 0. The van der Waals surface area contributed by atoms with Crippen molar-refractivity contribution in [2.24, 2.45) is 0 Å². The molecule has 68 valence electrons. The van der Waals surface area contributed by atoms with E-state index in [4.69, 9.17) is 17.3 Å². The number of rotatable bonds is 4.